The number of carboxylic acid groups (broad SMARTS) is 2. The van der Waals surface area contributed by atoms with Crippen LogP contribution >= 0.6 is 0 Å². The van der Waals surface area contributed by atoms with Crippen LogP contribution in [0.3, 0.4) is 0 Å². The van der Waals surface area contributed by atoms with Crippen LogP contribution in [0.4, 0.5) is 0 Å². The minimum absolute atomic E-state index is 0. The van der Waals surface area contributed by atoms with Crippen LogP contribution in [-0.2, 0) is 63.9 Å². The maximum absolute atomic E-state index is 12.3. The van der Waals surface area contributed by atoms with E-state index in [1.54, 1.807) is 27.7 Å². The zero-order valence-corrected chi connectivity index (χ0v) is 55.8. The molecule has 2 aliphatic rings. The fourth-order valence-electron chi connectivity index (χ4n) is 6.64. The molecule has 15 heteroatoms. The van der Waals surface area contributed by atoms with Gasteiger partial charge < -0.3 is 38.8 Å². The van der Waals surface area contributed by atoms with E-state index >= 15 is 0 Å². The lowest BCUT2D eigenvalue weighted by Crippen LogP contribution is -2.40. The number of hydrogen-bond donors (Lipinski definition) is 2. The predicted molar refractivity (Wildman–Crippen MR) is 417 cm³/mol. The third-order valence-electron chi connectivity index (χ3n) is 17.1. The van der Waals surface area contributed by atoms with Crippen LogP contribution in [0.5, 0.6) is 0 Å². The van der Waals surface area contributed by atoms with Crippen molar-refractivity contribution in [2.24, 2.45) is 55.2 Å². The number of benzene rings is 1. The molecule has 1 aromatic rings. The summed E-state index contributed by atoms with van der Waals surface area (Å²) in [5.41, 5.74) is -0.943. The number of fused-ring (bicyclic) bond motifs is 2. The number of ether oxygens (including phenoxy) is 5. The molecular weight excluding hydrogens is 1190 g/mol. The zero-order valence-electron chi connectivity index (χ0n) is 55.8. The fourth-order valence-corrected chi connectivity index (χ4v) is 6.64. The van der Waals surface area contributed by atoms with Gasteiger partial charge in [0, 0.05) is 12.0 Å². The van der Waals surface area contributed by atoms with Gasteiger partial charge in [0.25, 0.3) is 0 Å². The summed E-state index contributed by atoms with van der Waals surface area (Å²) in [5.74, 6) is -1.12. The third kappa shape index (κ3) is 49.9. The Morgan fingerprint density at radius 3 is 1.09 bits per heavy atom. The van der Waals surface area contributed by atoms with E-state index in [4.69, 9.17) is 29.2 Å². The van der Waals surface area contributed by atoms with Crippen LogP contribution in [0.25, 0.3) is 0 Å². The maximum atomic E-state index is 12.3. The number of nitrogens with zero attached hydrogens (tertiary/aromatic N) is 1. The quantitative estimate of drug-likeness (QED) is 0.0866. The molecule has 0 aliphatic heterocycles. The first kappa shape index (κ1) is 137. The molecule has 0 aromatic heterocycles. The molecule has 0 heterocycles. The van der Waals surface area contributed by atoms with E-state index in [2.05, 4.69) is 25.5 Å². The molecule has 2 N–H and O–H groups in total. The molecular formula is C79H175NO14. The van der Waals surface area contributed by atoms with Crippen LogP contribution in [-0.4, -0.2) is 104 Å². The molecule has 4 unspecified atom stereocenters. The molecule has 0 amide bonds. The second-order valence-electron chi connectivity index (χ2n) is 26.1. The van der Waals surface area contributed by atoms with Gasteiger partial charge in [0.05, 0.1) is 52.1 Å². The molecule has 0 spiro atoms. The van der Waals surface area contributed by atoms with Crippen molar-refractivity contribution < 1.29 is 67.5 Å². The first-order valence-electron chi connectivity index (χ1n) is 29.3. The number of aliphatic carboxylic acids is 2. The van der Waals surface area contributed by atoms with Gasteiger partial charge in [-0.2, -0.15) is 0 Å². The standard InChI is InChI=1S/C16H28O2.C13H18O2.C10H21NO2.2C7H14O2.2C6H12O2.14CH4/c1-7-14(2,3)13(17)18-12-10-11-8-9-16(12,6)15(11,4)5;1-4-13(2,3)12(14)15-10-11-8-6-5-7-9-11;1-6-10(2,3)9(12)13-8-7-11(4)5;1-5-7(2,3)6(8)9-4;1-4-6(3)7(8)9-5-2;2*1-4-6(2,3)5(7)8;;;;;;;;;;;;;;/h11-12H,7-10H2,1-6H3;5-9H,4,10H2,1-3H3;6-8H2,1-5H3;5H2,1-4H3;6H,4-5H2,1-3H3;2*4H2,1-3H3,(H,7,8);14*1H4. The van der Waals surface area contributed by atoms with Crippen molar-refractivity contribution in [2.45, 2.75) is 347 Å². The number of carbonyl (C=O) groups excluding carboxylic acids is 5. The van der Waals surface area contributed by atoms with E-state index in [9.17, 15) is 33.6 Å². The molecule has 94 heavy (non-hydrogen) atoms. The molecule has 2 bridgehead atoms. The van der Waals surface area contributed by atoms with Crippen LogP contribution < -0.4 is 0 Å². The van der Waals surface area contributed by atoms with Gasteiger partial charge in [-0.05, 0) is 185 Å². The van der Waals surface area contributed by atoms with Crippen molar-refractivity contribution in [1.29, 1.82) is 0 Å². The smallest absolute Gasteiger partial charge is 0.311 e. The van der Waals surface area contributed by atoms with Crippen LogP contribution in [0, 0.1) is 55.2 Å². The van der Waals surface area contributed by atoms with Gasteiger partial charge in [-0.1, -0.05) is 210 Å². The summed E-state index contributed by atoms with van der Waals surface area (Å²) in [6.45, 7) is 48.7. The Balaban J connectivity index is -0.0000000446. The molecule has 2 aliphatic carbocycles. The minimum atomic E-state index is -0.722. The molecule has 580 valence electrons. The summed E-state index contributed by atoms with van der Waals surface area (Å²) in [7, 11) is 5.33. The Morgan fingerprint density at radius 1 is 0.511 bits per heavy atom. The van der Waals surface area contributed by atoms with Crippen molar-refractivity contribution in [3.63, 3.8) is 0 Å². The minimum Gasteiger partial charge on any atom is -0.481 e. The van der Waals surface area contributed by atoms with Gasteiger partial charge in [0.15, 0.2) is 0 Å². The summed E-state index contributed by atoms with van der Waals surface area (Å²) < 4.78 is 25.6. The molecule has 2 fully saturated rings. The van der Waals surface area contributed by atoms with Crippen molar-refractivity contribution in [3.05, 3.63) is 35.9 Å². The summed E-state index contributed by atoms with van der Waals surface area (Å²) in [4.78, 5) is 79.4. The van der Waals surface area contributed by atoms with Gasteiger partial charge >= 0.3 is 41.8 Å². The van der Waals surface area contributed by atoms with Gasteiger partial charge in [-0.3, -0.25) is 33.6 Å². The van der Waals surface area contributed by atoms with E-state index in [-0.39, 0.29) is 173 Å². The van der Waals surface area contributed by atoms with Crippen molar-refractivity contribution in [1.82, 2.24) is 4.90 Å². The number of carbonyl (C=O) groups is 7. The molecule has 2 saturated carbocycles. The highest BCUT2D eigenvalue weighted by Gasteiger charge is 2.63. The number of likely N-dealkylation sites (N-methyl/N-ethyl adjacent to an activating group) is 1. The summed E-state index contributed by atoms with van der Waals surface area (Å²) in [5, 5.41) is 16.9. The highest BCUT2D eigenvalue weighted by molar-refractivity contribution is 5.77. The maximum Gasteiger partial charge on any atom is 0.311 e. The molecule has 3 rings (SSSR count). The number of esters is 5. The Kier molecular flexibility index (Phi) is 92.2. The normalized spacial score (nSPS) is 14.9. The predicted octanol–water partition coefficient (Wildman–Crippen LogP) is 24.0. The zero-order chi connectivity index (χ0) is 63.9. The fraction of sp³-hybridized carbons (Fsp3) is 0.835. The van der Waals surface area contributed by atoms with Crippen molar-refractivity contribution in [2.75, 3.05) is 41.0 Å². The number of rotatable bonds is 21. The Bertz CT molecular complexity index is 1940. The number of carboxylic acids is 2. The second-order valence-corrected chi connectivity index (χ2v) is 26.1. The molecule has 4 atom stereocenters. The lowest BCUT2D eigenvalue weighted by molar-refractivity contribution is -0.167. The summed E-state index contributed by atoms with van der Waals surface area (Å²) in [6.07, 6.45) is 9.18. The van der Waals surface area contributed by atoms with Crippen LogP contribution in [0.1, 0.15) is 340 Å². The second kappa shape index (κ2) is 63.2. The van der Waals surface area contributed by atoms with Crippen molar-refractivity contribution >= 4 is 41.8 Å². The van der Waals surface area contributed by atoms with E-state index in [1.165, 1.54) is 20.0 Å². The SMILES string of the molecule is C.C.C.C.C.C.C.C.C.C.C.C.C.C.CCC(C)(C)C(=O)O.CCC(C)(C)C(=O)O.CCC(C)(C)C(=O)OC.CCC(C)(C)C(=O)OC1CC2CCC1(C)C2(C)C.CCC(C)(C)C(=O)OCCN(C)C.CCC(C)(C)C(=O)OCc1ccccc1.CCOC(=O)C(C)CC. The topological polar surface area (TPSA) is 209 Å². The monoisotopic (exact) mass is 1360 g/mol. The number of hydrogen-bond acceptors (Lipinski definition) is 13. The van der Waals surface area contributed by atoms with E-state index in [1.807, 2.05) is 167 Å². The van der Waals surface area contributed by atoms with Gasteiger partial charge in [-0.25, -0.2) is 0 Å². The van der Waals surface area contributed by atoms with E-state index < -0.39 is 22.8 Å². The lowest BCUT2D eigenvalue weighted by atomic mass is 9.70. The molecule has 15 nitrogen and oxygen atoms in total. The highest BCUT2D eigenvalue weighted by atomic mass is 16.6. The molecule has 1 aromatic carbocycles. The van der Waals surface area contributed by atoms with Gasteiger partial charge in [0.1, 0.15) is 19.3 Å². The summed E-state index contributed by atoms with van der Waals surface area (Å²) in [6, 6.07) is 9.72. The largest absolute Gasteiger partial charge is 0.481 e. The average molecular weight is 1360 g/mol. The van der Waals surface area contributed by atoms with E-state index in [0.29, 0.717) is 38.1 Å². The number of methoxy groups -OCH3 is 1. The summed E-state index contributed by atoms with van der Waals surface area (Å²) >= 11 is 0. The van der Waals surface area contributed by atoms with Gasteiger partial charge in [0.2, 0.25) is 0 Å². The highest BCUT2D eigenvalue weighted by Crippen LogP contribution is 2.66. The Labute approximate surface area is 590 Å². The average Bonchev–Trinajstić information content (AvgIpc) is 3.74. The first-order chi connectivity index (χ1) is 36.4. The third-order valence-corrected chi connectivity index (χ3v) is 17.1. The first-order valence-corrected chi connectivity index (χ1v) is 29.3. The molecule has 0 radical (unpaired) electrons. The van der Waals surface area contributed by atoms with Crippen LogP contribution in [0.2, 0.25) is 0 Å². The lowest BCUT2D eigenvalue weighted by Gasteiger charge is -2.39. The van der Waals surface area contributed by atoms with Gasteiger partial charge in [-0.15, -0.1) is 0 Å². The molecule has 0 saturated heterocycles. The van der Waals surface area contributed by atoms with Crippen molar-refractivity contribution in [3.8, 4) is 0 Å². The Hall–Kier alpha value is -4.53. The van der Waals surface area contributed by atoms with Crippen LogP contribution in [0.15, 0.2) is 30.3 Å². The van der Waals surface area contributed by atoms with E-state index in [0.717, 1.165) is 56.6 Å². The Morgan fingerprint density at radius 2 is 0.840 bits per heavy atom.